The molecule has 0 aliphatic rings. The quantitative estimate of drug-likeness (QED) is 0.648. The maximum absolute atomic E-state index is 12.8. The molecule has 0 spiro atoms. The zero-order chi connectivity index (χ0) is 17.4. The molecule has 1 rings (SSSR count). The molecule has 128 valence electrons. The predicted molar refractivity (Wildman–Crippen MR) is 86.3 cm³/mol. The number of carbonyl (C=O) groups excluding carboxylic acids is 1. The first kappa shape index (κ1) is 19.1. The lowest BCUT2D eigenvalue weighted by Crippen LogP contribution is -2.50. The fraction of sp³-hybridized carbons (Fsp3) is 0.529. The van der Waals surface area contributed by atoms with Gasteiger partial charge in [-0.05, 0) is 42.9 Å². The van der Waals surface area contributed by atoms with E-state index in [0.717, 1.165) is 12.0 Å². The van der Waals surface area contributed by atoms with Crippen LogP contribution < -0.4 is 11.1 Å². The first-order valence-electron chi connectivity index (χ1n) is 7.88. The normalized spacial score (nSPS) is 14.8. The monoisotopic (exact) mass is 324 g/mol. The van der Waals surface area contributed by atoms with Crippen LogP contribution in [0.15, 0.2) is 24.3 Å². The van der Waals surface area contributed by atoms with Gasteiger partial charge < -0.3 is 16.2 Å². The van der Waals surface area contributed by atoms with E-state index in [2.05, 4.69) is 5.32 Å². The molecule has 3 atom stereocenters. The van der Waals surface area contributed by atoms with Crippen molar-refractivity contribution in [2.75, 3.05) is 0 Å². The van der Waals surface area contributed by atoms with Crippen LogP contribution in [0, 0.1) is 11.7 Å². The summed E-state index contributed by atoms with van der Waals surface area (Å²) in [6.07, 6.45) is 2.24. The molecule has 0 saturated carbocycles. The van der Waals surface area contributed by atoms with Gasteiger partial charge in [0.05, 0.1) is 6.04 Å². The van der Waals surface area contributed by atoms with Crippen LogP contribution in [-0.4, -0.2) is 29.1 Å². The van der Waals surface area contributed by atoms with E-state index in [1.165, 1.54) is 12.1 Å². The highest BCUT2D eigenvalue weighted by molar-refractivity contribution is 5.86. The molecule has 0 radical (unpaired) electrons. The Morgan fingerprint density at radius 1 is 1.30 bits per heavy atom. The zero-order valence-corrected chi connectivity index (χ0v) is 13.6. The second-order valence-electron chi connectivity index (χ2n) is 5.83. The maximum Gasteiger partial charge on any atom is 0.326 e. The van der Waals surface area contributed by atoms with Crippen LogP contribution in [0.25, 0.3) is 0 Å². The average Bonchev–Trinajstić information content (AvgIpc) is 2.53. The van der Waals surface area contributed by atoms with Crippen LogP contribution in [0.1, 0.15) is 38.7 Å². The molecule has 0 aliphatic carbocycles. The number of carboxylic acid groups (broad SMARTS) is 1. The van der Waals surface area contributed by atoms with Gasteiger partial charge in [0.25, 0.3) is 0 Å². The Labute approximate surface area is 136 Å². The van der Waals surface area contributed by atoms with Crippen LogP contribution in [0.3, 0.4) is 0 Å². The van der Waals surface area contributed by atoms with Crippen molar-refractivity contribution in [1.82, 2.24) is 5.32 Å². The highest BCUT2D eigenvalue weighted by atomic mass is 19.1. The Bertz CT molecular complexity index is 519. The van der Waals surface area contributed by atoms with E-state index in [1.807, 2.05) is 13.8 Å². The summed E-state index contributed by atoms with van der Waals surface area (Å²) >= 11 is 0. The van der Waals surface area contributed by atoms with Gasteiger partial charge in [-0.25, -0.2) is 9.18 Å². The summed E-state index contributed by atoms with van der Waals surface area (Å²) in [7, 11) is 0. The zero-order valence-electron chi connectivity index (χ0n) is 13.6. The van der Waals surface area contributed by atoms with E-state index in [-0.39, 0.29) is 11.7 Å². The molecule has 23 heavy (non-hydrogen) atoms. The summed E-state index contributed by atoms with van der Waals surface area (Å²) in [6, 6.07) is 4.41. The summed E-state index contributed by atoms with van der Waals surface area (Å²) < 4.78 is 12.8. The van der Waals surface area contributed by atoms with E-state index in [1.54, 1.807) is 12.1 Å². The largest absolute Gasteiger partial charge is 0.480 e. The molecule has 0 bridgehead atoms. The minimum atomic E-state index is -1.08. The fourth-order valence-electron chi connectivity index (χ4n) is 2.20. The van der Waals surface area contributed by atoms with Crippen LogP contribution in [0.2, 0.25) is 0 Å². The third kappa shape index (κ3) is 6.36. The highest BCUT2D eigenvalue weighted by Gasteiger charge is 2.25. The molecule has 1 amide bonds. The Kier molecular flexibility index (Phi) is 7.68. The number of rotatable bonds is 9. The number of hydrogen-bond donors (Lipinski definition) is 3. The lowest BCUT2D eigenvalue weighted by molar-refractivity contribution is -0.142. The molecule has 0 aromatic heterocycles. The fourth-order valence-corrected chi connectivity index (χ4v) is 2.20. The maximum atomic E-state index is 12.8. The molecule has 5 nitrogen and oxygen atoms in total. The number of amides is 1. The van der Waals surface area contributed by atoms with E-state index < -0.39 is 24.0 Å². The minimum Gasteiger partial charge on any atom is -0.480 e. The number of nitrogens with one attached hydrogen (secondary N) is 1. The van der Waals surface area contributed by atoms with Crippen LogP contribution in [0.5, 0.6) is 0 Å². The second-order valence-corrected chi connectivity index (χ2v) is 5.83. The van der Waals surface area contributed by atoms with Crippen molar-refractivity contribution in [2.24, 2.45) is 11.7 Å². The Morgan fingerprint density at radius 3 is 2.43 bits per heavy atom. The molecule has 1 unspecified atom stereocenters. The van der Waals surface area contributed by atoms with Crippen molar-refractivity contribution < 1.29 is 19.1 Å². The van der Waals surface area contributed by atoms with Gasteiger partial charge in [0.15, 0.2) is 0 Å². The van der Waals surface area contributed by atoms with Gasteiger partial charge in [0, 0.05) is 0 Å². The number of aliphatic carboxylic acids is 1. The first-order valence-corrected chi connectivity index (χ1v) is 7.88. The smallest absolute Gasteiger partial charge is 0.326 e. The standard InChI is InChI=1S/C17H25FN2O3/c1-3-11(2)15(19)16(21)20-14(17(22)23)6-4-5-12-7-9-13(18)10-8-12/h7-11,14-15H,3-6,19H2,1-2H3,(H,20,21)(H,22,23)/t11-,14?,15-/m0/s1. The van der Waals surface area contributed by atoms with Gasteiger partial charge >= 0.3 is 5.97 Å². The van der Waals surface area contributed by atoms with Crippen LogP contribution in [0.4, 0.5) is 4.39 Å². The molecule has 1 aromatic carbocycles. The second kappa shape index (κ2) is 9.25. The predicted octanol–water partition coefficient (Wildman–Crippen LogP) is 2.09. The summed E-state index contributed by atoms with van der Waals surface area (Å²) in [5.41, 5.74) is 6.74. The van der Waals surface area contributed by atoms with Gasteiger partial charge in [-0.1, -0.05) is 32.4 Å². The number of carboxylic acids is 1. The molecule has 4 N–H and O–H groups in total. The summed E-state index contributed by atoms with van der Waals surface area (Å²) in [4.78, 5) is 23.3. The topological polar surface area (TPSA) is 92.4 Å². The van der Waals surface area contributed by atoms with E-state index in [0.29, 0.717) is 19.3 Å². The van der Waals surface area contributed by atoms with Gasteiger partial charge in [0.1, 0.15) is 11.9 Å². The lowest BCUT2D eigenvalue weighted by atomic mass is 9.98. The van der Waals surface area contributed by atoms with Gasteiger partial charge in [-0.2, -0.15) is 0 Å². The molecular weight excluding hydrogens is 299 g/mol. The molecule has 0 aliphatic heterocycles. The van der Waals surface area contributed by atoms with Gasteiger partial charge in [-0.3, -0.25) is 4.79 Å². The summed E-state index contributed by atoms with van der Waals surface area (Å²) in [6.45, 7) is 3.78. The van der Waals surface area contributed by atoms with Crippen molar-refractivity contribution in [3.05, 3.63) is 35.6 Å². The number of carbonyl (C=O) groups is 2. The Hall–Kier alpha value is -1.95. The minimum absolute atomic E-state index is 0.0105. The number of hydrogen-bond acceptors (Lipinski definition) is 3. The van der Waals surface area contributed by atoms with E-state index in [4.69, 9.17) is 5.73 Å². The molecule has 6 heteroatoms. The first-order chi connectivity index (χ1) is 10.8. The molecular formula is C17H25FN2O3. The summed E-state index contributed by atoms with van der Waals surface area (Å²) in [5.74, 6) is -1.82. The van der Waals surface area contributed by atoms with Gasteiger partial charge in [-0.15, -0.1) is 0 Å². The third-order valence-corrected chi connectivity index (χ3v) is 4.05. The number of halogens is 1. The number of benzene rings is 1. The van der Waals surface area contributed by atoms with Crippen molar-refractivity contribution in [1.29, 1.82) is 0 Å². The number of aryl methyl sites for hydroxylation is 1. The van der Waals surface area contributed by atoms with Crippen molar-refractivity contribution in [3.8, 4) is 0 Å². The van der Waals surface area contributed by atoms with Crippen molar-refractivity contribution in [2.45, 2.75) is 51.6 Å². The summed E-state index contributed by atoms with van der Waals surface area (Å²) in [5, 5.41) is 11.7. The van der Waals surface area contributed by atoms with Gasteiger partial charge in [0.2, 0.25) is 5.91 Å². The van der Waals surface area contributed by atoms with E-state index in [9.17, 15) is 19.1 Å². The van der Waals surface area contributed by atoms with Crippen molar-refractivity contribution >= 4 is 11.9 Å². The third-order valence-electron chi connectivity index (χ3n) is 4.05. The highest BCUT2D eigenvalue weighted by Crippen LogP contribution is 2.10. The average molecular weight is 324 g/mol. The molecule has 1 aromatic rings. The Morgan fingerprint density at radius 2 is 1.91 bits per heavy atom. The van der Waals surface area contributed by atoms with Crippen LogP contribution >= 0.6 is 0 Å². The Balaban J connectivity index is 2.50. The SMILES string of the molecule is CC[C@H](C)[C@H](N)C(=O)NC(CCCc1ccc(F)cc1)C(=O)O. The lowest BCUT2D eigenvalue weighted by Gasteiger charge is -2.21. The molecule has 0 fully saturated rings. The number of nitrogens with two attached hydrogens (primary N) is 1. The van der Waals surface area contributed by atoms with Crippen LogP contribution in [-0.2, 0) is 16.0 Å². The van der Waals surface area contributed by atoms with Crippen molar-refractivity contribution in [3.63, 3.8) is 0 Å². The van der Waals surface area contributed by atoms with E-state index >= 15 is 0 Å². The molecule has 0 heterocycles. The molecule has 0 saturated heterocycles.